The van der Waals surface area contributed by atoms with Gasteiger partial charge in [-0.05, 0) is 28.6 Å². The summed E-state index contributed by atoms with van der Waals surface area (Å²) in [5.74, 6) is 0.630. The summed E-state index contributed by atoms with van der Waals surface area (Å²) in [6.07, 6.45) is 0. The molecule has 0 fully saturated rings. The average molecular weight is 297 g/mol. The normalized spacial score (nSPS) is 10.5. The van der Waals surface area contributed by atoms with Crippen LogP contribution >= 0.6 is 0 Å². The quantitative estimate of drug-likeness (QED) is 0.583. The fourth-order valence-corrected chi connectivity index (χ4v) is 2.06. The first-order chi connectivity index (χ1) is 10.6. The van der Waals surface area contributed by atoms with Crippen LogP contribution in [0.2, 0.25) is 0 Å². The van der Waals surface area contributed by atoms with Gasteiger partial charge in [-0.1, -0.05) is 18.2 Å². The summed E-state index contributed by atoms with van der Waals surface area (Å²) in [4.78, 5) is 10.2. The van der Waals surface area contributed by atoms with Gasteiger partial charge in [-0.2, -0.15) is 0 Å². The Hall–Kier alpha value is -3.29. The molecule has 8 nitrogen and oxygen atoms in total. The second-order valence-corrected chi connectivity index (χ2v) is 4.59. The van der Waals surface area contributed by atoms with E-state index in [4.69, 9.17) is 0 Å². The molecule has 2 aromatic carbocycles. The van der Waals surface area contributed by atoms with Crippen molar-refractivity contribution in [1.82, 2.24) is 20.2 Å². The third kappa shape index (κ3) is 2.62. The lowest BCUT2D eigenvalue weighted by Gasteiger charge is -2.06. The summed E-state index contributed by atoms with van der Waals surface area (Å²) in [7, 11) is 0. The van der Waals surface area contributed by atoms with Crippen molar-refractivity contribution in [1.29, 1.82) is 0 Å². The van der Waals surface area contributed by atoms with Gasteiger partial charge in [0.2, 0.25) is 0 Å². The summed E-state index contributed by atoms with van der Waals surface area (Å²) in [6.45, 7) is 0.298. The second kappa shape index (κ2) is 5.60. The molecule has 110 valence electrons. The van der Waals surface area contributed by atoms with E-state index in [1.807, 2.05) is 6.07 Å². The van der Waals surface area contributed by atoms with Crippen LogP contribution in [0.15, 0.2) is 48.5 Å². The van der Waals surface area contributed by atoms with E-state index in [9.17, 15) is 15.2 Å². The topological polar surface area (TPSA) is 107 Å². The Bertz CT molecular complexity index is 813. The van der Waals surface area contributed by atoms with Gasteiger partial charge in [-0.3, -0.25) is 10.1 Å². The highest BCUT2D eigenvalue weighted by molar-refractivity contribution is 5.57. The van der Waals surface area contributed by atoms with Crippen molar-refractivity contribution in [3.8, 4) is 17.1 Å². The molecule has 8 heteroatoms. The molecule has 0 bridgehead atoms. The molecule has 1 N–H and O–H groups in total. The molecule has 0 spiro atoms. The molecule has 0 amide bonds. The van der Waals surface area contributed by atoms with Crippen LogP contribution in [0, 0.1) is 10.1 Å². The van der Waals surface area contributed by atoms with Gasteiger partial charge >= 0.3 is 0 Å². The minimum atomic E-state index is -0.464. The number of nitro groups is 1. The van der Waals surface area contributed by atoms with E-state index in [0.29, 0.717) is 23.5 Å². The van der Waals surface area contributed by atoms with Gasteiger partial charge in [0.05, 0.1) is 11.5 Å². The molecule has 0 aliphatic rings. The van der Waals surface area contributed by atoms with Crippen LogP contribution in [0.4, 0.5) is 5.69 Å². The number of aromatic hydroxyl groups is 1. The molecule has 1 aromatic heterocycles. The molecule has 0 saturated carbocycles. The molecule has 0 aliphatic carbocycles. The Morgan fingerprint density at radius 2 is 1.86 bits per heavy atom. The largest absolute Gasteiger partial charge is 0.508 e. The molecule has 0 atom stereocenters. The van der Waals surface area contributed by atoms with E-state index >= 15 is 0 Å². The van der Waals surface area contributed by atoms with E-state index in [-0.39, 0.29) is 11.4 Å². The molecule has 0 radical (unpaired) electrons. The number of hydrogen-bond acceptors (Lipinski definition) is 6. The predicted molar refractivity (Wildman–Crippen MR) is 77.1 cm³/mol. The number of phenols is 1. The average Bonchev–Trinajstić information content (AvgIpc) is 2.98. The fraction of sp³-hybridized carbons (Fsp3) is 0.0714. The minimum Gasteiger partial charge on any atom is -0.508 e. The summed E-state index contributed by atoms with van der Waals surface area (Å²) in [5.41, 5.74) is 1.34. The predicted octanol–water partition coefficient (Wildman–Crippen LogP) is 2.00. The minimum absolute atomic E-state index is 0.00322. The number of nitrogens with zero attached hydrogens (tertiary/aromatic N) is 5. The smallest absolute Gasteiger partial charge is 0.269 e. The maximum atomic E-state index is 10.7. The number of hydrogen-bond donors (Lipinski definition) is 1. The van der Waals surface area contributed by atoms with Gasteiger partial charge < -0.3 is 5.11 Å². The molecular weight excluding hydrogens is 286 g/mol. The molecule has 0 unspecified atom stereocenters. The van der Waals surface area contributed by atoms with E-state index in [1.165, 1.54) is 16.8 Å². The highest BCUT2D eigenvalue weighted by atomic mass is 16.6. The fourth-order valence-electron chi connectivity index (χ4n) is 2.06. The number of rotatable bonds is 4. The lowest BCUT2D eigenvalue weighted by Crippen LogP contribution is -2.04. The molecule has 1 heterocycles. The van der Waals surface area contributed by atoms with Gasteiger partial charge in [-0.15, -0.1) is 5.10 Å². The van der Waals surface area contributed by atoms with E-state index in [0.717, 1.165) is 0 Å². The van der Waals surface area contributed by atoms with Crippen molar-refractivity contribution < 1.29 is 10.0 Å². The van der Waals surface area contributed by atoms with Gasteiger partial charge in [0, 0.05) is 23.3 Å². The zero-order valence-corrected chi connectivity index (χ0v) is 11.3. The lowest BCUT2D eigenvalue weighted by atomic mass is 10.1. The van der Waals surface area contributed by atoms with Crippen molar-refractivity contribution in [3.05, 3.63) is 64.2 Å². The summed E-state index contributed by atoms with van der Waals surface area (Å²) < 4.78 is 1.52. The van der Waals surface area contributed by atoms with Crippen molar-refractivity contribution in [2.24, 2.45) is 0 Å². The van der Waals surface area contributed by atoms with Gasteiger partial charge in [0.25, 0.3) is 5.69 Å². The number of aromatic nitrogens is 4. The van der Waals surface area contributed by atoms with Crippen molar-refractivity contribution >= 4 is 5.69 Å². The molecule has 3 rings (SSSR count). The van der Waals surface area contributed by atoms with E-state index in [1.54, 1.807) is 30.3 Å². The number of para-hydroxylation sites is 1. The van der Waals surface area contributed by atoms with Crippen molar-refractivity contribution in [2.45, 2.75) is 6.54 Å². The maximum absolute atomic E-state index is 10.7. The molecule has 22 heavy (non-hydrogen) atoms. The van der Waals surface area contributed by atoms with E-state index in [2.05, 4.69) is 15.5 Å². The first-order valence-electron chi connectivity index (χ1n) is 6.43. The summed E-state index contributed by atoms with van der Waals surface area (Å²) in [5, 5.41) is 32.0. The summed E-state index contributed by atoms with van der Waals surface area (Å²) >= 11 is 0. The van der Waals surface area contributed by atoms with Crippen LogP contribution in [0.3, 0.4) is 0 Å². The van der Waals surface area contributed by atoms with Crippen LogP contribution in [0.5, 0.6) is 5.75 Å². The molecule has 3 aromatic rings. The van der Waals surface area contributed by atoms with Gasteiger partial charge in [0.1, 0.15) is 5.75 Å². The van der Waals surface area contributed by atoms with Crippen molar-refractivity contribution in [2.75, 3.05) is 0 Å². The highest BCUT2D eigenvalue weighted by Gasteiger charge is 2.12. The second-order valence-electron chi connectivity index (χ2n) is 4.59. The number of benzene rings is 2. The monoisotopic (exact) mass is 297 g/mol. The van der Waals surface area contributed by atoms with E-state index < -0.39 is 4.92 Å². The number of tetrazole rings is 1. The zero-order valence-electron chi connectivity index (χ0n) is 11.3. The Morgan fingerprint density at radius 1 is 1.14 bits per heavy atom. The highest BCUT2D eigenvalue weighted by Crippen LogP contribution is 2.22. The SMILES string of the molecule is O=[N+]([O-])c1ccc(-c2nnnn2Cc2ccccc2O)cc1. The van der Waals surface area contributed by atoms with Crippen LogP contribution in [-0.4, -0.2) is 30.2 Å². The maximum Gasteiger partial charge on any atom is 0.269 e. The van der Waals surface area contributed by atoms with Crippen molar-refractivity contribution in [3.63, 3.8) is 0 Å². The number of phenolic OH excluding ortho intramolecular Hbond substituents is 1. The number of non-ortho nitro benzene ring substituents is 1. The first kappa shape index (κ1) is 13.7. The zero-order chi connectivity index (χ0) is 15.5. The molecule has 0 aliphatic heterocycles. The Balaban J connectivity index is 1.92. The number of nitro benzene ring substituents is 1. The lowest BCUT2D eigenvalue weighted by molar-refractivity contribution is -0.384. The Labute approximate surface area is 124 Å². The summed E-state index contributed by atoms with van der Waals surface area (Å²) in [6, 6.07) is 12.9. The van der Waals surface area contributed by atoms with Crippen LogP contribution in [0.1, 0.15) is 5.56 Å². The Morgan fingerprint density at radius 3 is 2.55 bits per heavy atom. The Kier molecular flexibility index (Phi) is 3.48. The third-order valence-corrected chi connectivity index (χ3v) is 3.18. The van der Waals surface area contributed by atoms with Crippen LogP contribution < -0.4 is 0 Å². The van der Waals surface area contributed by atoms with Crippen LogP contribution in [-0.2, 0) is 6.54 Å². The first-order valence-corrected chi connectivity index (χ1v) is 6.43. The van der Waals surface area contributed by atoms with Crippen LogP contribution in [0.25, 0.3) is 11.4 Å². The molecule has 0 saturated heterocycles. The van der Waals surface area contributed by atoms with Gasteiger partial charge in [0.15, 0.2) is 5.82 Å². The van der Waals surface area contributed by atoms with Gasteiger partial charge in [-0.25, -0.2) is 4.68 Å². The third-order valence-electron chi connectivity index (χ3n) is 3.18. The standard InChI is InChI=1S/C14H11N5O3/c20-13-4-2-1-3-11(13)9-18-14(15-16-17-18)10-5-7-12(8-6-10)19(21)22/h1-8,20H,9H2. The molecular formula is C14H11N5O3.